The Kier molecular flexibility index (Phi) is 3.85. The Balaban J connectivity index is 1.72. The zero-order valence-corrected chi connectivity index (χ0v) is 9.69. The summed E-state index contributed by atoms with van der Waals surface area (Å²) in [5.74, 6) is 1.44. The van der Waals surface area contributed by atoms with Crippen LogP contribution >= 0.6 is 0 Å². The van der Waals surface area contributed by atoms with E-state index in [2.05, 4.69) is 15.3 Å². The molecular formula is C12H19N3O. The normalized spacial score (nSPS) is 24.9. The Morgan fingerprint density at radius 1 is 1.50 bits per heavy atom. The second-order valence-corrected chi connectivity index (χ2v) is 4.56. The fraction of sp³-hybridized carbons (Fsp3) is 0.667. The number of rotatable bonds is 4. The minimum atomic E-state index is -0.0758. The minimum absolute atomic E-state index is 0.0758. The lowest BCUT2D eigenvalue weighted by Gasteiger charge is -2.10. The minimum Gasteiger partial charge on any atom is -0.393 e. The molecule has 1 aromatic rings. The molecule has 1 fully saturated rings. The predicted molar refractivity (Wildman–Crippen MR) is 61.8 cm³/mol. The van der Waals surface area contributed by atoms with Gasteiger partial charge < -0.3 is 10.4 Å². The number of aromatic nitrogens is 2. The van der Waals surface area contributed by atoms with E-state index in [0.717, 1.165) is 43.9 Å². The highest BCUT2D eigenvalue weighted by molar-refractivity contribution is 5.01. The molecule has 0 aromatic carbocycles. The van der Waals surface area contributed by atoms with Crippen molar-refractivity contribution in [3.05, 3.63) is 23.8 Å². The lowest BCUT2D eigenvalue weighted by molar-refractivity contribution is 0.177. The lowest BCUT2D eigenvalue weighted by atomic mass is 10.1. The van der Waals surface area contributed by atoms with Crippen LogP contribution in [0.4, 0.5) is 0 Å². The van der Waals surface area contributed by atoms with Crippen LogP contribution in [-0.4, -0.2) is 27.7 Å². The Morgan fingerprint density at radius 3 is 3.06 bits per heavy atom. The van der Waals surface area contributed by atoms with Crippen molar-refractivity contribution >= 4 is 0 Å². The van der Waals surface area contributed by atoms with Crippen molar-refractivity contribution < 1.29 is 5.11 Å². The van der Waals surface area contributed by atoms with Gasteiger partial charge in [-0.05, 0) is 44.7 Å². The molecule has 0 aliphatic heterocycles. The van der Waals surface area contributed by atoms with Gasteiger partial charge in [0.1, 0.15) is 5.82 Å². The molecule has 88 valence electrons. The van der Waals surface area contributed by atoms with E-state index in [-0.39, 0.29) is 6.10 Å². The molecular weight excluding hydrogens is 202 g/mol. The van der Waals surface area contributed by atoms with Crippen LogP contribution in [0.5, 0.6) is 0 Å². The molecule has 1 heterocycles. The van der Waals surface area contributed by atoms with Crippen molar-refractivity contribution in [2.75, 3.05) is 6.54 Å². The topological polar surface area (TPSA) is 58.0 Å². The first-order valence-corrected chi connectivity index (χ1v) is 5.91. The molecule has 4 nitrogen and oxygen atoms in total. The van der Waals surface area contributed by atoms with Crippen molar-refractivity contribution in [2.45, 2.75) is 38.8 Å². The number of hydrogen-bond acceptors (Lipinski definition) is 4. The third-order valence-electron chi connectivity index (χ3n) is 3.09. The predicted octanol–water partition coefficient (Wildman–Crippen LogP) is 1.04. The first-order valence-electron chi connectivity index (χ1n) is 5.91. The van der Waals surface area contributed by atoms with Crippen LogP contribution in [0, 0.1) is 12.8 Å². The Hall–Kier alpha value is -1.00. The van der Waals surface area contributed by atoms with E-state index < -0.39 is 0 Å². The van der Waals surface area contributed by atoms with Crippen molar-refractivity contribution in [1.82, 2.24) is 15.3 Å². The van der Waals surface area contributed by atoms with E-state index in [1.54, 1.807) is 6.20 Å². The summed E-state index contributed by atoms with van der Waals surface area (Å²) in [6.07, 6.45) is 4.75. The summed E-state index contributed by atoms with van der Waals surface area (Å²) in [4.78, 5) is 8.39. The monoisotopic (exact) mass is 221 g/mol. The van der Waals surface area contributed by atoms with Gasteiger partial charge in [0.15, 0.2) is 0 Å². The van der Waals surface area contributed by atoms with E-state index >= 15 is 0 Å². The SMILES string of the molecule is Cc1nccc(CNCC2CCC(O)C2)n1. The highest BCUT2D eigenvalue weighted by Gasteiger charge is 2.21. The van der Waals surface area contributed by atoms with Gasteiger partial charge in [-0.25, -0.2) is 9.97 Å². The Morgan fingerprint density at radius 2 is 2.38 bits per heavy atom. The number of hydrogen-bond donors (Lipinski definition) is 2. The van der Waals surface area contributed by atoms with Crippen LogP contribution in [0.1, 0.15) is 30.8 Å². The van der Waals surface area contributed by atoms with Crippen LogP contribution < -0.4 is 5.32 Å². The molecule has 2 atom stereocenters. The summed E-state index contributed by atoms with van der Waals surface area (Å²) in [5, 5.41) is 12.8. The fourth-order valence-corrected chi connectivity index (χ4v) is 2.24. The standard InChI is InChI=1S/C12H19N3O/c1-9-14-5-4-11(15-9)8-13-7-10-2-3-12(16)6-10/h4-5,10,12-13,16H,2-3,6-8H2,1H3. The number of aliphatic hydroxyl groups excluding tert-OH is 1. The van der Waals surface area contributed by atoms with Gasteiger partial charge in [0.05, 0.1) is 11.8 Å². The fourth-order valence-electron chi connectivity index (χ4n) is 2.24. The second-order valence-electron chi connectivity index (χ2n) is 4.56. The third-order valence-corrected chi connectivity index (χ3v) is 3.09. The zero-order chi connectivity index (χ0) is 11.4. The smallest absolute Gasteiger partial charge is 0.125 e. The van der Waals surface area contributed by atoms with E-state index in [9.17, 15) is 5.11 Å². The van der Waals surface area contributed by atoms with Gasteiger partial charge in [0.2, 0.25) is 0 Å². The first-order chi connectivity index (χ1) is 7.74. The van der Waals surface area contributed by atoms with Crippen LogP contribution in [0.25, 0.3) is 0 Å². The van der Waals surface area contributed by atoms with Gasteiger partial charge in [-0.3, -0.25) is 0 Å². The highest BCUT2D eigenvalue weighted by Crippen LogP contribution is 2.24. The molecule has 2 N–H and O–H groups in total. The van der Waals surface area contributed by atoms with E-state index in [4.69, 9.17) is 0 Å². The molecule has 1 aliphatic rings. The zero-order valence-electron chi connectivity index (χ0n) is 9.69. The quantitative estimate of drug-likeness (QED) is 0.797. The van der Waals surface area contributed by atoms with Crippen molar-refractivity contribution in [2.24, 2.45) is 5.92 Å². The van der Waals surface area contributed by atoms with Gasteiger partial charge >= 0.3 is 0 Å². The van der Waals surface area contributed by atoms with Crippen LogP contribution in [0.3, 0.4) is 0 Å². The molecule has 0 amide bonds. The molecule has 2 rings (SSSR count). The number of nitrogens with zero attached hydrogens (tertiary/aromatic N) is 2. The van der Waals surface area contributed by atoms with E-state index in [0.29, 0.717) is 5.92 Å². The van der Waals surface area contributed by atoms with Gasteiger partial charge in [-0.1, -0.05) is 0 Å². The molecule has 0 radical (unpaired) electrons. The molecule has 4 heteroatoms. The van der Waals surface area contributed by atoms with Crippen molar-refractivity contribution in [1.29, 1.82) is 0 Å². The number of aliphatic hydroxyl groups is 1. The van der Waals surface area contributed by atoms with Gasteiger partial charge in [-0.2, -0.15) is 0 Å². The van der Waals surface area contributed by atoms with Crippen LogP contribution in [0.2, 0.25) is 0 Å². The summed E-state index contributed by atoms with van der Waals surface area (Å²) in [6.45, 7) is 3.66. The molecule has 16 heavy (non-hydrogen) atoms. The summed E-state index contributed by atoms with van der Waals surface area (Å²) < 4.78 is 0. The van der Waals surface area contributed by atoms with Crippen molar-refractivity contribution in [3.8, 4) is 0 Å². The van der Waals surface area contributed by atoms with Crippen LogP contribution in [-0.2, 0) is 6.54 Å². The average molecular weight is 221 g/mol. The largest absolute Gasteiger partial charge is 0.393 e. The molecule has 1 aromatic heterocycles. The average Bonchev–Trinajstić information content (AvgIpc) is 2.64. The molecule has 1 aliphatic carbocycles. The molecule has 2 unspecified atom stereocenters. The van der Waals surface area contributed by atoms with Gasteiger partial charge in [-0.15, -0.1) is 0 Å². The summed E-state index contributed by atoms with van der Waals surface area (Å²) in [7, 11) is 0. The first kappa shape index (κ1) is 11.5. The third kappa shape index (κ3) is 3.25. The van der Waals surface area contributed by atoms with Crippen LogP contribution in [0.15, 0.2) is 12.3 Å². The molecule has 0 saturated heterocycles. The maximum atomic E-state index is 9.40. The lowest BCUT2D eigenvalue weighted by Crippen LogP contribution is -2.22. The summed E-state index contributed by atoms with van der Waals surface area (Å²) >= 11 is 0. The van der Waals surface area contributed by atoms with E-state index in [1.807, 2.05) is 13.0 Å². The molecule has 1 saturated carbocycles. The maximum absolute atomic E-state index is 9.40. The number of nitrogens with one attached hydrogen (secondary N) is 1. The maximum Gasteiger partial charge on any atom is 0.125 e. The Bertz CT molecular complexity index is 343. The highest BCUT2D eigenvalue weighted by atomic mass is 16.3. The Labute approximate surface area is 96.1 Å². The van der Waals surface area contributed by atoms with Gasteiger partial charge in [0, 0.05) is 12.7 Å². The molecule has 0 spiro atoms. The summed E-state index contributed by atoms with van der Waals surface area (Å²) in [5.41, 5.74) is 1.03. The van der Waals surface area contributed by atoms with E-state index in [1.165, 1.54) is 0 Å². The van der Waals surface area contributed by atoms with Gasteiger partial charge in [0.25, 0.3) is 0 Å². The van der Waals surface area contributed by atoms with Crippen molar-refractivity contribution in [3.63, 3.8) is 0 Å². The number of aryl methyl sites for hydroxylation is 1. The second kappa shape index (κ2) is 5.37. The summed E-state index contributed by atoms with van der Waals surface area (Å²) in [6, 6.07) is 1.93. The molecule has 0 bridgehead atoms.